The fourth-order valence-corrected chi connectivity index (χ4v) is 2.02. The lowest BCUT2D eigenvalue weighted by molar-refractivity contribution is -0.165. The molecule has 0 bridgehead atoms. The van der Waals surface area contributed by atoms with Gasteiger partial charge >= 0.3 is 11.9 Å². The van der Waals surface area contributed by atoms with E-state index in [-0.39, 0.29) is 0 Å². The maximum absolute atomic E-state index is 11.8. The van der Waals surface area contributed by atoms with Crippen molar-refractivity contribution in [3.63, 3.8) is 0 Å². The second-order valence-corrected chi connectivity index (χ2v) is 4.15. The van der Waals surface area contributed by atoms with E-state index < -0.39 is 17.4 Å². The first-order valence-corrected chi connectivity index (χ1v) is 6.02. The lowest BCUT2D eigenvalue weighted by atomic mass is 9.81. The normalized spacial score (nSPS) is 24.2. The molecule has 0 amide bonds. The van der Waals surface area contributed by atoms with Crippen LogP contribution in [-0.4, -0.2) is 25.2 Å². The molecule has 1 fully saturated rings. The molecule has 0 aromatic rings. The van der Waals surface area contributed by atoms with E-state index in [1.165, 1.54) is 0 Å². The molecule has 1 heterocycles. The Kier molecular flexibility index (Phi) is 4.77. The van der Waals surface area contributed by atoms with Crippen molar-refractivity contribution in [3.8, 4) is 0 Å². The first-order valence-electron chi connectivity index (χ1n) is 6.02. The highest BCUT2D eigenvalue weighted by atomic mass is 16.6. The maximum atomic E-state index is 11.8. The zero-order valence-electron chi connectivity index (χ0n) is 10.1. The molecule has 1 aliphatic rings. The van der Waals surface area contributed by atoms with Gasteiger partial charge in [-0.3, -0.25) is 9.59 Å². The second kappa shape index (κ2) is 5.87. The molecular formula is C12H20O4. The standard InChI is InChI=1S/C12H20O4/c1-3-5-6-7-12(10(13)15-4-2)8-9-16-11(12)14/h3-9H2,1-2H3/t12-/m1/s1. The zero-order chi connectivity index (χ0) is 12.0. The third kappa shape index (κ3) is 2.54. The molecule has 16 heavy (non-hydrogen) atoms. The summed E-state index contributed by atoms with van der Waals surface area (Å²) in [5.74, 6) is -0.810. The molecule has 92 valence electrons. The molecule has 0 radical (unpaired) electrons. The van der Waals surface area contributed by atoms with E-state index in [1.807, 2.05) is 0 Å². The van der Waals surface area contributed by atoms with Crippen LogP contribution >= 0.6 is 0 Å². The number of carbonyl (C=O) groups excluding carboxylic acids is 2. The minimum atomic E-state index is -1.01. The average Bonchev–Trinajstić information content (AvgIpc) is 2.62. The Balaban J connectivity index is 2.68. The first kappa shape index (κ1) is 13.0. The summed E-state index contributed by atoms with van der Waals surface area (Å²) in [5.41, 5.74) is -1.01. The first-order chi connectivity index (χ1) is 7.67. The third-order valence-corrected chi connectivity index (χ3v) is 3.03. The highest BCUT2D eigenvalue weighted by Gasteiger charge is 2.51. The SMILES string of the molecule is CCCCC[C@]1(C(=O)OCC)CCOC1=O. The van der Waals surface area contributed by atoms with Gasteiger partial charge in [-0.05, 0) is 13.3 Å². The fraction of sp³-hybridized carbons (Fsp3) is 0.833. The van der Waals surface area contributed by atoms with Crippen molar-refractivity contribution in [3.05, 3.63) is 0 Å². The Morgan fingerprint density at radius 2 is 2.19 bits per heavy atom. The van der Waals surface area contributed by atoms with E-state index in [0.29, 0.717) is 26.1 Å². The maximum Gasteiger partial charge on any atom is 0.323 e. The summed E-state index contributed by atoms with van der Waals surface area (Å²) in [6.07, 6.45) is 3.97. The Hall–Kier alpha value is -1.06. The van der Waals surface area contributed by atoms with Crippen LogP contribution in [0.4, 0.5) is 0 Å². The van der Waals surface area contributed by atoms with E-state index >= 15 is 0 Å². The van der Waals surface area contributed by atoms with E-state index in [2.05, 4.69) is 6.92 Å². The summed E-state index contributed by atoms with van der Waals surface area (Å²) in [6.45, 7) is 4.48. The van der Waals surface area contributed by atoms with Gasteiger partial charge in [-0.15, -0.1) is 0 Å². The second-order valence-electron chi connectivity index (χ2n) is 4.15. The van der Waals surface area contributed by atoms with Crippen molar-refractivity contribution in [1.29, 1.82) is 0 Å². The summed E-state index contributed by atoms with van der Waals surface area (Å²) in [7, 11) is 0. The number of hydrogen-bond donors (Lipinski definition) is 0. The molecule has 0 unspecified atom stereocenters. The van der Waals surface area contributed by atoms with Crippen LogP contribution in [0.1, 0.15) is 46.0 Å². The minimum absolute atomic E-state index is 0.307. The van der Waals surface area contributed by atoms with Crippen molar-refractivity contribution in [1.82, 2.24) is 0 Å². The summed E-state index contributed by atoms with van der Waals surface area (Å²) in [5, 5.41) is 0. The van der Waals surface area contributed by atoms with Gasteiger partial charge in [0.1, 0.15) is 0 Å². The van der Waals surface area contributed by atoms with Crippen LogP contribution in [0.15, 0.2) is 0 Å². The summed E-state index contributed by atoms with van der Waals surface area (Å²) in [4.78, 5) is 23.5. The van der Waals surface area contributed by atoms with E-state index in [4.69, 9.17) is 9.47 Å². The number of rotatable bonds is 6. The van der Waals surface area contributed by atoms with Gasteiger partial charge in [-0.25, -0.2) is 0 Å². The number of esters is 2. The topological polar surface area (TPSA) is 52.6 Å². The van der Waals surface area contributed by atoms with Crippen molar-refractivity contribution in [2.24, 2.45) is 5.41 Å². The van der Waals surface area contributed by atoms with E-state index in [1.54, 1.807) is 6.92 Å². The molecule has 1 saturated heterocycles. The van der Waals surface area contributed by atoms with Crippen LogP contribution in [-0.2, 0) is 19.1 Å². The zero-order valence-corrected chi connectivity index (χ0v) is 10.1. The van der Waals surface area contributed by atoms with Crippen molar-refractivity contribution < 1.29 is 19.1 Å². The van der Waals surface area contributed by atoms with Crippen LogP contribution in [0.5, 0.6) is 0 Å². The van der Waals surface area contributed by atoms with Crippen LogP contribution in [0.25, 0.3) is 0 Å². The molecule has 0 N–H and O–H groups in total. The van der Waals surface area contributed by atoms with Gasteiger partial charge in [-0.1, -0.05) is 26.2 Å². The number of unbranched alkanes of at least 4 members (excludes halogenated alkanes) is 2. The molecule has 0 aromatic heterocycles. The predicted molar refractivity (Wildman–Crippen MR) is 58.8 cm³/mol. The van der Waals surface area contributed by atoms with Crippen LogP contribution in [0.3, 0.4) is 0 Å². The van der Waals surface area contributed by atoms with Gasteiger partial charge in [0.05, 0.1) is 13.2 Å². The Labute approximate surface area is 96.3 Å². The number of cyclic esters (lactones) is 1. The van der Waals surface area contributed by atoms with Gasteiger partial charge in [0, 0.05) is 6.42 Å². The van der Waals surface area contributed by atoms with Gasteiger partial charge in [0.15, 0.2) is 5.41 Å². The number of ether oxygens (including phenoxy) is 2. The van der Waals surface area contributed by atoms with Crippen LogP contribution < -0.4 is 0 Å². The predicted octanol–water partition coefficient (Wildman–Crippen LogP) is 2.06. The Bertz CT molecular complexity index is 262. The molecule has 0 aromatic carbocycles. The largest absolute Gasteiger partial charge is 0.465 e. The highest BCUT2D eigenvalue weighted by Crippen LogP contribution is 2.37. The van der Waals surface area contributed by atoms with Gasteiger partial charge in [0.25, 0.3) is 0 Å². The van der Waals surface area contributed by atoms with Crippen molar-refractivity contribution >= 4 is 11.9 Å². The summed E-state index contributed by atoms with van der Waals surface area (Å²) in [6, 6.07) is 0. The smallest absolute Gasteiger partial charge is 0.323 e. The van der Waals surface area contributed by atoms with Gasteiger partial charge in [-0.2, -0.15) is 0 Å². The minimum Gasteiger partial charge on any atom is -0.465 e. The van der Waals surface area contributed by atoms with Gasteiger partial charge in [0.2, 0.25) is 0 Å². The average molecular weight is 228 g/mol. The van der Waals surface area contributed by atoms with Crippen molar-refractivity contribution in [2.45, 2.75) is 46.0 Å². The molecule has 4 heteroatoms. The monoisotopic (exact) mass is 228 g/mol. The molecule has 0 aliphatic carbocycles. The quantitative estimate of drug-likeness (QED) is 0.396. The fourth-order valence-electron chi connectivity index (χ4n) is 2.02. The third-order valence-electron chi connectivity index (χ3n) is 3.03. The molecule has 0 spiro atoms. The molecular weight excluding hydrogens is 208 g/mol. The van der Waals surface area contributed by atoms with Crippen LogP contribution in [0.2, 0.25) is 0 Å². The van der Waals surface area contributed by atoms with Crippen LogP contribution in [0, 0.1) is 5.41 Å². The number of carbonyl (C=O) groups is 2. The Morgan fingerprint density at radius 3 is 2.69 bits per heavy atom. The molecule has 1 atom stereocenters. The highest BCUT2D eigenvalue weighted by molar-refractivity contribution is 6.01. The molecule has 1 rings (SSSR count). The number of hydrogen-bond acceptors (Lipinski definition) is 4. The Morgan fingerprint density at radius 1 is 1.44 bits per heavy atom. The lowest BCUT2D eigenvalue weighted by Crippen LogP contribution is -2.37. The lowest BCUT2D eigenvalue weighted by Gasteiger charge is -2.21. The summed E-state index contributed by atoms with van der Waals surface area (Å²) < 4.78 is 9.92. The van der Waals surface area contributed by atoms with Crippen molar-refractivity contribution in [2.75, 3.05) is 13.2 Å². The molecule has 0 saturated carbocycles. The summed E-state index contributed by atoms with van der Waals surface area (Å²) >= 11 is 0. The van der Waals surface area contributed by atoms with E-state index in [9.17, 15) is 9.59 Å². The van der Waals surface area contributed by atoms with Gasteiger partial charge < -0.3 is 9.47 Å². The molecule has 1 aliphatic heterocycles. The molecule has 4 nitrogen and oxygen atoms in total. The van der Waals surface area contributed by atoms with E-state index in [0.717, 1.165) is 19.3 Å².